The van der Waals surface area contributed by atoms with Crippen molar-refractivity contribution in [3.05, 3.63) is 53.8 Å². The van der Waals surface area contributed by atoms with Crippen LogP contribution < -0.4 is 14.8 Å². The van der Waals surface area contributed by atoms with E-state index in [1.165, 1.54) is 12.1 Å². The molecule has 2 aromatic rings. The van der Waals surface area contributed by atoms with Crippen molar-refractivity contribution in [1.82, 2.24) is 0 Å². The lowest BCUT2D eigenvalue weighted by Crippen LogP contribution is -2.15. The van der Waals surface area contributed by atoms with Gasteiger partial charge in [0.2, 0.25) is 5.91 Å². The Kier molecular flexibility index (Phi) is 5.36. The molecule has 4 nitrogen and oxygen atoms in total. The molecule has 0 aliphatic carbocycles. The van der Waals surface area contributed by atoms with Gasteiger partial charge in [-0.1, -0.05) is 0 Å². The zero-order valence-corrected chi connectivity index (χ0v) is 12.6. The zero-order valence-electron chi connectivity index (χ0n) is 12.6. The van der Waals surface area contributed by atoms with E-state index >= 15 is 0 Å². The molecule has 0 saturated carbocycles. The van der Waals surface area contributed by atoms with Crippen LogP contribution in [0.5, 0.6) is 11.5 Å². The van der Waals surface area contributed by atoms with Gasteiger partial charge in [-0.05, 0) is 55.0 Å². The highest BCUT2D eigenvalue weighted by Crippen LogP contribution is 2.18. The summed E-state index contributed by atoms with van der Waals surface area (Å²) in [6.45, 7) is 2.00. The van der Waals surface area contributed by atoms with E-state index in [-0.39, 0.29) is 24.8 Å². The molecule has 0 radical (unpaired) electrons. The van der Waals surface area contributed by atoms with E-state index in [2.05, 4.69) is 5.32 Å². The van der Waals surface area contributed by atoms with Gasteiger partial charge in [-0.25, -0.2) is 4.39 Å². The van der Waals surface area contributed by atoms with Gasteiger partial charge in [0.05, 0.1) is 20.1 Å². The van der Waals surface area contributed by atoms with Gasteiger partial charge < -0.3 is 14.8 Å². The summed E-state index contributed by atoms with van der Waals surface area (Å²) >= 11 is 0. The number of carbonyl (C=O) groups is 1. The third-order valence-corrected chi connectivity index (χ3v) is 3.12. The first-order valence-corrected chi connectivity index (χ1v) is 6.91. The first-order valence-electron chi connectivity index (χ1n) is 6.91. The SMILES string of the molecule is COc1ccc(OCCC(=O)Nc2ccc(F)cc2C)cc1. The Morgan fingerprint density at radius 1 is 1.14 bits per heavy atom. The van der Waals surface area contributed by atoms with Crippen LogP contribution in [0.1, 0.15) is 12.0 Å². The summed E-state index contributed by atoms with van der Waals surface area (Å²) < 4.78 is 23.5. The van der Waals surface area contributed by atoms with Gasteiger partial charge in [-0.2, -0.15) is 0 Å². The Bertz CT molecular complexity index is 641. The first-order chi connectivity index (χ1) is 10.6. The summed E-state index contributed by atoms with van der Waals surface area (Å²) in [4.78, 5) is 11.8. The van der Waals surface area contributed by atoms with Crippen molar-refractivity contribution < 1.29 is 18.7 Å². The predicted octanol–water partition coefficient (Wildman–Crippen LogP) is 3.55. The molecule has 1 N–H and O–H groups in total. The molecule has 0 saturated heterocycles. The molecule has 0 fully saturated rings. The van der Waals surface area contributed by atoms with Crippen LogP contribution in [0.25, 0.3) is 0 Å². The van der Waals surface area contributed by atoms with E-state index in [0.29, 0.717) is 17.0 Å². The zero-order chi connectivity index (χ0) is 15.9. The highest BCUT2D eigenvalue weighted by molar-refractivity contribution is 5.91. The molecular formula is C17H18FNO3. The number of anilines is 1. The number of halogens is 1. The van der Waals surface area contributed by atoms with E-state index in [4.69, 9.17) is 9.47 Å². The Morgan fingerprint density at radius 2 is 1.82 bits per heavy atom. The molecular weight excluding hydrogens is 285 g/mol. The lowest BCUT2D eigenvalue weighted by Gasteiger charge is -2.09. The second-order valence-corrected chi connectivity index (χ2v) is 4.78. The third kappa shape index (κ3) is 4.48. The number of benzene rings is 2. The predicted molar refractivity (Wildman–Crippen MR) is 82.9 cm³/mol. The molecule has 5 heteroatoms. The summed E-state index contributed by atoms with van der Waals surface area (Å²) in [5.74, 6) is 0.921. The van der Waals surface area contributed by atoms with Gasteiger partial charge in [-0.3, -0.25) is 4.79 Å². The van der Waals surface area contributed by atoms with Gasteiger partial charge in [0.15, 0.2) is 0 Å². The number of methoxy groups -OCH3 is 1. The van der Waals surface area contributed by atoms with Gasteiger partial charge >= 0.3 is 0 Å². The van der Waals surface area contributed by atoms with E-state index in [9.17, 15) is 9.18 Å². The molecule has 0 atom stereocenters. The molecule has 116 valence electrons. The second-order valence-electron chi connectivity index (χ2n) is 4.78. The van der Waals surface area contributed by atoms with Crippen LogP contribution in [-0.4, -0.2) is 19.6 Å². The van der Waals surface area contributed by atoms with Gasteiger partial charge in [0.25, 0.3) is 0 Å². The molecule has 0 heterocycles. The molecule has 0 aliphatic rings. The number of nitrogens with one attached hydrogen (secondary N) is 1. The number of carbonyl (C=O) groups excluding carboxylic acids is 1. The molecule has 2 rings (SSSR count). The van der Waals surface area contributed by atoms with E-state index < -0.39 is 0 Å². The van der Waals surface area contributed by atoms with Crippen LogP contribution in [0.2, 0.25) is 0 Å². The second kappa shape index (κ2) is 7.45. The first kappa shape index (κ1) is 15.8. The summed E-state index contributed by atoms with van der Waals surface area (Å²) in [5.41, 5.74) is 1.29. The van der Waals surface area contributed by atoms with Crippen molar-refractivity contribution in [2.45, 2.75) is 13.3 Å². The summed E-state index contributed by atoms with van der Waals surface area (Å²) in [7, 11) is 1.59. The van der Waals surface area contributed by atoms with Crippen LogP contribution in [-0.2, 0) is 4.79 Å². The highest BCUT2D eigenvalue weighted by atomic mass is 19.1. The Balaban J connectivity index is 1.79. The molecule has 1 amide bonds. The van der Waals surface area contributed by atoms with Gasteiger partial charge in [0.1, 0.15) is 17.3 Å². The van der Waals surface area contributed by atoms with E-state index in [1.54, 1.807) is 44.4 Å². The van der Waals surface area contributed by atoms with Crippen molar-refractivity contribution in [2.75, 3.05) is 19.0 Å². The fraction of sp³-hybridized carbons (Fsp3) is 0.235. The minimum atomic E-state index is -0.321. The Labute approximate surface area is 128 Å². The number of hydrogen-bond acceptors (Lipinski definition) is 3. The maximum atomic E-state index is 13.0. The van der Waals surface area contributed by atoms with Crippen molar-refractivity contribution in [3.63, 3.8) is 0 Å². The molecule has 0 unspecified atom stereocenters. The van der Waals surface area contributed by atoms with E-state index in [0.717, 1.165) is 5.75 Å². The van der Waals surface area contributed by atoms with Crippen molar-refractivity contribution in [1.29, 1.82) is 0 Å². The van der Waals surface area contributed by atoms with Gasteiger partial charge in [0, 0.05) is 5.69 Å². The molecule has 0 bridgehead atoms. The summed E-state index contributed by atoms with van der Waals surface area (Å²) in [6, 6.07) is 11.4. The van der Waals surface area contributed by atoms with Crippen molar-refractivity contribution in [2.24, 2.45) is 0 Å². The van der Waals surface area contributed by atoms with Crippen LogP contribution >= 0.6 is 0 Å². The van der Waals surface area contributed by atoms with Crippen LogP contribution in [0.3, 0.4) is 0 Å². The maximum absolute atomic E-state index is 13.0. The fourth-order valence-corrected chi connectivity index (χ4v) is 1.91. The average Bonchev–Trinajstić information content (AvgIpc) is 2.51. The topological polar surface area (TPSA) is 47.6 Å². The number of aryl methyl sites for hydroxylation is 1. The minimum absolute atomic E-state index is 0.178. The quantitative estimate of drug-likeness (QED) is 0.887. The smallest absolute Gasteiger partial charge is 0.227 e. The number of ether oxygens (including phenoxy) is 2. The Hall–Kier alpha value is -2.56. The molecule has 0 aromatic heterocycles. The number of hydrogen-bond donors (Lipinski definition) is 1. The monoisotopic (exact) mass is 303 g/mol. The number of amides is 1. The van der Waals surface area contributed by atoms with Crippen molar-refractivity contribution in [3.8, 4) is 11.5 Å². The minimum Gasteiger partial charge on any atom is -0.497 e. The standard InChI is InChI=1S/C17H18FNO3/c1-12-11-13(18)3-8-16(12)19-17(20)9-10-22-15-6-4-14(21-2)5-7-15/h3-8,11H,9-10H2,1-2H3,(H,19,20). The largest absolute Gasteiger partial charge is 0.497 e. The fourth-order valence-electron chi connectivity index (χ4n) is 1.91. The normalized spacial score (nSPS) is 10.1. The lowest BCUT2D eigenvalue weighted by atomic mass is 10.2. The molecule has 0 aliphatic heterocycles. The number of rotatable bonds is 6. The summed E-state index contributed by atoms with van der Waals surface area (Å²) in [5, 5.41) is 2.74. The molecule has 2 aromatic carbocycles. The van der Waals surface area contributed by atoms with Crippen LogP contribution in [0.4, 0.5) is 10.1 Å². The Morgan fingerprint density at radius 3 is 2.45 bits per heavy atom. The van der Waals surface area contributed by atoms with Crippen LogP contribution in [0.15, 0.2) is 42.5 Å². The molecule has 0 spiro atoms. The van der Waals surface area contributed by atoms with Gasteiger partial charge in [-0.15, -0.1) is 0 Å². The summed E-state index contributed by atoms with van der Waals surface area (Å²) in [6.07, 6.45) is 0.211. The van der Waals surface area contributed by atoms with Crippen molar-refractivity contribution >= 4 is 11.6 Å². The lowest BCUT2D eigenvalue weighted by molar-refractivity contribution is -0.116. The third-order valence-electron chi connectivity index (χ3n) is 3.12. The average molecular weight is 303 g/mol. The molecule has 22 heavy (non-hydrogen) atoms. The maximum Gasteiger partial charge on any atom is 0.227 e. The van der Waals surface area contributed by atoms with Crippen LogP contribution in [0, 0.1) is 12.7 Å². The highest BCUT2D eigenvalue weighted by Gasteiger charge is 2.06. The van der Waals surface area contributed by atoms with E-state index in [1.807, 2.05) is 0 Å².